The first-order valence-electron chi connectivity index (χ1n) is 4.01. The minimum atomic E-state index is -0.523. The van der Waals surface area contributed by atoms with Crippen molar-refractivity contribution >= 4 is 11.0 Å². The van der Waals surface area contributed by atoms with Crippen LogP contribution in [0.5, 0.6) is 11.5 Å². The molecule has 0 unspecified atom stereocenters. The molecule has 0 radical (unpaired) electrons. The number of benzene rings is 1. The maximum atomic E-state index is 11.2. The lowest BCUT2D eigenvalue weighted by atomic mass is 10.2. The standard InChI is InChI=1S/C10H8O4/c1-13-9-5-6-4-7(11)2-3-8(6)14-10(9)12/h2-5,11H,1H3. The zero-order chi connectivity index (χ0) is 10.1. The largest absolute Gasteiger partial charge is 0.508 e. The molecule has 0 aliphatic carbocycles. The second-order valence-electron chi connectivity index (χ2n) is 2.82. The average Bonchev–Trinajstić information content (AvgIpc) is 2.17. The third-order valence-corrected chi connectivity index (χ3v) is 1.90. The van der Waals surface area contributed by atoms with Crippen molar-refractivity contribution in [2.75, 3.05) is 7.11 Å². The molecule has 4 heteroatoms. The number of hydrogen-bond donors (Lipinski definition) is 1. The molecule has 0 aliphatic rings. The summed E-state index contributed by atoms with van der Waals surface area (Å²) in [5.74, 6) is 0.247. The van der Waals surface area contributed by atoms with Gasteiger partial charge in [0.15, 0.2) is 0 Å². The lowest BCUT2D eigenvalue weighted by Gasteiger charge is -2.00. The van der Waals surface area contributed by atoms with Crippen LogP contribution in [-0.2, 0) is 0 Å². The summed E-state index contributed by atoms with van der Waals surface area (Å²) in [6.07, 6.45) is 0. The lowest BCUT2D eigenvalue weighted by molar-refractivity contribution is 0.385. The molecule has 0 fully saturated rings. The Morgan fingerprint density at radius 2 is 2.14 bits per heavy atom. The van der Waals surface area contributed by atoms with Crippen molar-refractivity contribution in [1.82, 2.24) is 0 Å². The van der Waals surface area contributed by atoms with E-state index in [1.807, 2.05) is 0 Å². The van der Waals surface area contributed by atoms with E-state index in [0.717, 1.165) is 0 Å². The minimum Gasteiger partial charge on any atom is -0.508 e. The third kappa shape index (κ3) is 1.31. The molecule has 0 atom stereocenters. The minimum absolute atomic E-state index is 0.119. The maximum absolute atomic E-state index is 11.2. The Hall–Kier alpha value is -1.97. The molecule has 0 bridgehead atoms. The van der Waals surface area contributed by atoms with Gasteiger partial charge in [0.1, 0.15) is 11.3 Å². The van der Waals surface area contributed by atoms with Gasteiger partial charge in [0, 0.05) is 5.39 Å². The molecule has 1 N–H and O–H groups in total. The second-order valence-corrected chi connectivity index (χ2v) is 2.82. The van der Waals surface area contributed by atoms with E-state index in [1.54, 1.807) is 0 Å². The van der Waals surface area contributed by atoms with E-state index >= 15 is 0 Å². The Balaban J connectivity index is 2.80. The van der Waals surface area contributed by atoms with Crippen LogP contribution in [0, 0.1) is 0 Å². The molecule has 0 aliphatic heterocycles. The van der Waals surface area contributed by atoms with Gasteiger partial charge in [0.05, 0.1) is 7.11 Å². The van der Waals surface area contributed by atoms with Crippen LogP contribution in [-0.4, -0.2) is 12.2 Å². The molecule has 1 aromatic carbocycles. The van der Waals surface area contributed by atoms with E-state index in [-0.39, 0.29) is 11.5 Å². The van der Waals surface area contributed by atoms with Crippen molar-refractivity contribution < 1.29 is 14.3 Å². The van der Waals surface area contributed by atoms with Gasteiger partial charge in [-0.05, 0) is 24.3 Å². The molecule has 1 aromatic heterocycles. The van der Waals surface area contributed by atoms with Gasteiger partial charge in [0.2, 0.25) is 5.75 Å². The first kappa shape index (κ1) is 8.62. The number of phenolic OH excluding ortho intramolecular Hbond substituents is 1. The summed E-state index contributed by atoms with van der Waals surface area (Å²) in [4.78, 5) is 11.2. The lowest BCUT2D eigenvalue weighted by Crippen LogP contribution is -2.02. The van der Waals surface area contributed by atoms with Crippen LogP contribution in [0.15, 0.2) is 33.5 Å². The molecule has 14 heavy (non-hydrogen) atoms. The Morgan fingerprint density at radius 1 is 1.36 bits per heavy atom. The van der Waals surface area contributed by atoms with E-state index in [0.29, 0.717) is 11.0 Å². The number of phenols is 1. The number of aromatic hydroxyl groups is 1. The summed E-state index contributed by atoms with van der Waals surface area (Å²) in [6.45, 7) is 0. The molecule has 0 saturated carbocycles. The van der Waals surface area contributed by atoms with Crippen molar-refractivity contribution in [3.8, 4) is 11.5 Å². The summed E-state index contributed by atoms with van der Waals surface area (Å²) in [5.41, 5.74) is -0.0979. The monoisotopic (exact) mass is 192 g/mol. The molecule has 72 valence electrons. The number of ether oxygens (including phenoxy) is 1. The molecular formula is C10H8O4. The Bertz CT molecular complexity index is 527. The number of fused-ring (bicyclic) bond motifs is 1. The molecule has 4 nitrogen and oxygen atoms in total. The first-order chi connectivity index (χ1) is 6.70. The van der Waals surface area contributed by atoms with Gasteiger partial charge in [-0.3, -0.25) is 0 Å². The highest BCUT2D eigenvalue weighted by atomic mass is 16.5. The van der Waals surface area contributed by atoms with Gasteiger partial charge in [-0.15, -0.1) is 0 Å². The van der Waals surface area contributed by atoms with Crippen LogP contribution in [0.1, 0.15) is 0 Å². The Kier molecular flexibility index (Phi) is 1.89. The maximum Gasteiger partial charge on any atom is 0.379 e. The fourth-order valence-corrected chi connectivity index (χ4v) is 1.23. The first-order valence-corrected chi connectivity index (χ1v) is 4.01. The smallest absolute Gasteiger partial charge is 0.379 e. The van der Waals surface area contributed by atoms with E-state index < -0.39 is 5.63 Å². The fourth-order valence-electron chi connectivity index (χ4n) is 1.23. The Labute approximate surface area is 79.4 Å². The number of hydrogen-bond acceptors (Lipinski definition) is 4. The third-order valence-electron chi connectivity index (χ3n) is 1.90. The summed E-state index contributed by atoms with van der Waals surface area (Å²) in [7, 11) is 1.39. The fraction of sp³-hybridized carbons (Fsp3) is 0.100. The van der Waals surface area contributed by atoms with E-state index in [1.165, 1.54) is 31.4 Å². The highest BCUT2D eigenvalue weighted by Gasteiger charge is 2.04. The van der Waals surface area contributed by atoms with Crippen molar-refractivity contribution in [1.29, 1.82) is 0 Å². The summed E-state index contributed by atoms with van der Waals surface area (Å²) in [6, 6.07) is 6.02. The van der Waals surface area contributed by atoms with Crippen LogP contribution in [0.25, 0.3) is 11.0 Å². The van der Waals surface area contributed by atoms with Gasteiger partial charge < -0.3 is 14.3 Å². The summed E-state index contributed by atoms with van der Waals surface area (Å²) >= 11 is 0. The van der Waals surface area contributed by atoms with Crippen molar-refractivity contribution in [2.45, 2.75) is 0 Å². The van der Waals surface area contributed by atoms with E-state index in [4.69, 9.17) is 9.15 Å². The van der Waals surface area contributed by atoms with Crippen molar-refractivity contribution in [3.63, 3.8) is 0 Å². The predicted molar refractivity (Wildman–Crippen MR) is 50.7 cm³/mol. The Morgan fingerprint density at radius 3 is 2.86 bits per heavy atom. The van der Waals surface area contributed by atoms with Gasteiger partial charge >= 0.3 is 5.63 Å². The van der Waals surface area contributed by atoms with Crippen LogP contribution < -0.4 is 10.4 Å². The SMILES string of the molecule is COc1cc2cc(O)ccc2oc1=O. The van der Waals surface area contributed by atoms with Crippen LogP contribution in [0.4, 0.5) is 0 Å². The molecule has 2 aromatic rings. The molecule has 0 spiro atoms. The van der Waals surface area contributed by atoms with Crippen molar-refractivity contribution in [3.05, 3.63) is 34.7 Å². The van der Waals surface area contributed by atoms with E-state index in [2.05, 4.69) is 0 Å². The van der Waals surface area contributed by atoms with Crippen LogP contribution in [0.3, 0.4) is 0 Å². The van der Waals surface area contributed by atoms with Crippen LogP contribution >= 0.6 is 0 Å². The highest BCUT2D eigenvalue weighted by molar-refractivity contribution is 5.79. The quantitative estimate of drug-likeness (QED) is 0.695. The highest BCUT2D eigenvalue weighted by Crippen LogP contribution is 2.21. The number of rotatable bonds is 1. The summed E-state index contributed by atoms with van der Waals surface area (Å²) in [5, 5.41) is 9.83. The van der Waals surface area contributed by atoms with Gasteiger partial charge in [-0.2, -0.15) is 0 Å². The van der Waals surface area contributed by atoms with Crippen LogP contribution in [0.2, 0.25) is 0 Å². The molecule has 0 saturated heterocycles. The van der Waals surface area contributed by atoms with Gasteiger partial charge in [0.25, 0.3) is 0 Å². The average molecular weight is 192 g/mol. The topological polar surface area (TPSA) is 59.7 Å². The van der Waals surface area contributed by atoms with E-state index in [9.17, 15) is 9.90 Å². The van der Waals surface area contributed by atoms with Gasteiger partial charge in [-0.1, -0.05) is 0 Å². The van der Waals surface area contributed by atoms with Gasteiger partial charge in [-0.25, -0.2) is 4.79 Å². The number of methoxy groups -OCH3 is 1. The molecular weight excluding hydrogens is 184 g/mol. The molecule has 1 heterocycles. The second kappa shape index (κ2) is 3.06. The zero-order valence-corrected chi connectivity index (χ0v) is 7.48. The normalized spacial score (nSPS) is 10.4. The zero-order valence-electron chi connectivity index (χ0n) is 7.48. The molecule has 0 amide bonds. The summed E-state index contributed by atoms with van der Waals surface area (Å²) < 4.78 is 9.75. The van der Waals surface area contributed by atoms with Crippen molar-refractivity contribution in [2.24, 2.45) is 0 Å². The predicted octanol–water partition coefficient (Wildman–Crippen LogP) is 1.51. The molecule has 2 rings (SSSR count).